The number of aryl methyl sites for hydroxylation is 1. The Bertz CT molecular complexity index is 813. The van der Waals surface area contributed by atoms with Crippen LogP contribution in [0.4, 0.5) is 0 Å². The molecule has 1 aliphatic heterocycles. The highest BCUT2D eigenvalue weighted by atomic mass is 32.1. The Morgan fingerprint density at radius 2 is 2.16 bits per heavy atom. The zero-order valence-corrected chi connectivity index (χ0v) is 15.7. The van der Waals surface area contributed by atoms with Gasteiger partial charge in [-0.05, 0) is 37.5 Å². The van der Waals surface area contributed by atoms with Gasteiger partial charge in [0.25, 0.3) is 0 Å². The van der Waals surface area contributed by atoms with Crippen LogP contribution in [0.3, 0.4) is 0 Å². The van der Waals surface area contributed by atoms with Gasteiger partial charge in [-0.3, -0.25) is 9.59 Å². The molecule has 1 saturated heterocycles. The molecule has 1 aliphatic rings. The average molecular weight is 376 g/mol. The maximum Gasteiger partial charge on any atom is 0.245 e. The van der Waals surface area contributed by atoms with Crippen LogP contribution in [0.25, 0.3) is 0 Å². The molecule has 0 unspecified atom stereocenters. The van der Waals surface area contributed by atoms with Gasteiger partial charge in [-0.15, -0.1) is 11.3 Å². The van der Waals surface area contributed by atoms with Gasteiger partial charge in [0.1, 0.15) is 6.04 Å². The first-order valence-electron chi connectivity index (χ1n) is 8.33. The van der Waals surface area contributed by atoms with Crippen LogP contribution in [-0.2, 0) is 22.6 Å². The maximum atomic E-state index is 12.7. The largest absolute Gasteiger partial charge is 0.344 e. The number of aromatic nitrogens is 1. The maximum absolute atomic E-state index is 12.7. The van der Waals surface area contributed by atoms with Crippen molar-refractivity contribution < 1.29 is 9.59 Å². The topological polar surface area (TPSA) is 65.2 Å². The lowest BCUT2D eigenvalue weighted by Crippen LogP contribution is -2.52. The van der Waals surface area contributed by atoms with E-state index < -0.39 is 6.04 Å². The number of piperidine rings is 1. The number of thiazole rings is 1. The van der Waals surface area contributed by atoms with Crippen LogP contribution in [-0.4, -0.2) is 34.3 Å². The number of nitrogens with one attached hydrogen (secondary N) is 2. The molecule has 0 aliphatic carbocycles. The molecule has 0 spiro atoms. The Labute approximate surface area is 156 Å². The van der Waals surface area contributed by atoms with E-state index in [9.17, 15) is 9.59 Å². The second kappa shape index (κ2) is 7.93. The quantitative estimate of drug-likeness (QED) is 0.790. The standard InChI is InChI=1S/C18H21N3O2S2/c1-12-15(25-18(24)19-12)10-16(22)20-14-8-5-9-21(17(14)23)11-13-6-3-2-4-7-13/h2-4,6-7,14H,5,8-11H2,1H3,(H,19,24)(H,20,22)/t14-/m0/s1. The lowest BCUT2D eigenvalue weighted by Gasteiger charge is -2.32. The second-order valence-electron chi connectivity index (χ2n) is 6.25. The van der Waals surface area contributed by atoms with Crippen LogP contribution >= 0.6 is 23.6 Å². The average Bonchev–Trinajstić information content (AvgIpc) is 2.89. The Morgan fingerprint density at radius 3 is 2.84 bits per heavy atom. The van der Waals surface area contributed by atoms with Crippen molar-refractivity contribution in [2.24, 2.45) is 0 Å². The van der Waals surface area contributed by atoms with Gasteiger partial charge in [0, 0.05) is 23.7 Å². The number of likely N-dealkylation sites (tertiary alicyclic amines) is 1. The molecule has 0 radical (unpaired) electrons. The third-order valence-corrected chi connectivity index (χ3v) is 5.66. The van der Waals surface area contributed by atoms with Gasteiger partial charge < -0.3 is 15.2 Å². The Balaban J connectivity index is 1.60. The Morgan fingerprint density at radius 1 is 1.40 bits per heavy atom. The highest BCUT2D eigenvalue weighted by molar-refractivity contribution is 7.73. The molecule has 2 N–H and O–H groups in total. The van der Waals surface area contributed by atoms with E-state index in [4.69, 9.17) is 12.2 Å². The van der Waals surface area contributed by atoms with Crippen molar-refractivity contribution in [2.45, 2.75) is 38.8 Å². The van der Waals surface area contributed by atoms with Gasteiger partial charge in [0.05, 0.1) is 6.42 Å². The number of aromatic amines is 1. The zero-order valence-electron chi connectivity index (χ0n) is 14.1. The SMILES string of the molecule is Cc1[nH]c(=S)sc1CC(=O)N[C@H]1CCCN(Cc2ccccc2)C1=O. The summed E-state index contributed by atoms with van der Waals surface area (Å²) in [6.07, 6.45) is 1.84. The third kappa shape index (κ3) is 4.55. The molecular formula is C18H21N3O2S2. The molecule has 0 saturated carbocycles. The first-order chi connectivity index (χ1) is 12.0. The molecule has 1 fully saturated rings. The monoisotopic (exact) mass is 375 g/mol. The Kier molecular flexibility index (Phi) is 5.65. The fraction of sp³-hybridized carbons (Fsp3) is 0.389. The molecular weight excluding hydrogens is 354 g/mol. The number of benzene rings is 1. The van der Waals surface area contributed by atoms with Crippen LogP contribution in [0.2, 0.25) is 0 Å². The van der Waals surface area contributed by atoms with E-state index in [1.165, 1.54) is 11.3 Å². The molecule has 2 amide bonds. The van der Waals surface area contributed by atoms with E-state index in [0.717, 1.165) is 29.1 Å². The van der Waals surface area contributed by atoms with Crippen molar-refractivity contribution in [3.63, 3.8) is 0 Å². The summed E-state index contributed by atoms with van der Waals surface area (Å²) in [5.74, 6) is -0.130. The lowest BCUT2D eigenvalue weighted by molar-refractivity contribution is -0.139. The summed E-state index contributed by atoms with van der Waals surface area (Å²) in [5, 5.41) is 2.90. The zero-order chi connectivity index (χ0) is 17.8. The molecule has 0 bridgehead atoms. The van der Waals surface area contributed by atoms with E-state index in [1.807, 2.05) is 42.2 Å². The van der Waals surface area contributed by atoms with E-state index in [2.05, 4.69) is 10.3 Å². The number of rotatable bonds is 5. The molecule has 1 aromatic carbocycles. The molecule has 5 nitrogen and oxygen atoms in total. The van der Waals surface area contributed by atoms with Crippen molar-refractivity contribution >= 4 is 35.4 Å². The molecule has 1 atom stereocenters. The van der Waals surface area contributed by atoms with Crippen LogP contribution in [0.15, 0.2) is 30.3 Å². The first-order valence-corrected chi connectivity index (χ1v) is 9.56. The molecule has 25 heavy (non-hydrogen) atoms. The van der Waals surface area contributed by atoms with Crippen molar-refractivity contribution in [1.82, 2.24) is 15.2 Å². The summed E-state index contributed by atoms with van der Waals surface area (Å²) in [5.41, 5.74) is 2.02. The summed E-state index contributed by atoms with van der Waals surface area (Å²) >= 11 is 6.51. The first kappa shape index (κ1) is 17.8. The fourth-order valence-electron chi connectivity index (χ4n) is 3.03. The molecule has 2 heterocycles. The predicted octanol–water partition coefficient (Wildman–Crippen LogP) is 2.96. The smallest absolute Gasteiger partial charge is 0.245 e. The van der Waals surface area contributed by atoms with Crippen LogP contribution in [0.5, 0.6) is 0 Å². The number of H-pyrrole nitrogens is 1. The highest BCUT2D eigenvalue weighted by Gasteiger charge is 2.29. The number of hydrogen-bond acceptors (Lipinski definition) is 4. The summed E-state index contributed by atoms with van der Waals surface area (Å²) < 4.78 is 0.670. The van der Waals surface area contributed by atoms with Gasteiger partial charge in [-0.25, -0.2) is 0 Å². The number of carbonyl (C=O) groups excluding carboxylic acids is 2. The van der Waals surface area contributed by atoms with E-state index >= 15 is 0 Å². The van der Waals surface area contributed by atoms with Gasteiger partial charge in [-0.1, -0.05) is 30.3 Å². The normalized spacial score (nSPS) is 17.6. The van der Waals surface area contributed by atoms with Crippen molar-refractivity contribution in [3.05, 3.63) is 50.4 Å². The summed E-state index contributed by atoms with van der Waals surface area (Å²) in [6.45, 7) is 3.23. The van der Waals surface area contributed by atoms with E-state index in [-0.39, 0.29) is 18.2 Å². The highest BCUT2D eigenvalue weighted by Crippen LogP contribution is 2.17. The Hall–Kier alpha value is -1.99. The molecule has 1 aromatic heterocycles. The third-order valence-electron chi connectivity index (χ3n) is 4.33. The number of amides is 2. The summed E-state index contributed by atoms with van der Waals surface area (Å²) in [4.78, 5) is 30.8. The van der Waals surface area contributed by atoms with E-state index in [0.29, 0.717) is 16.9 Å². The predicted molar refractivity (Wildman–Crippen MR) is 101 cm³/mol. The molecule has 3 rings (SSSR count). The minimum Gasteiger partial charge on any atom is -0.344 e. The summed E-state index contributed by atoms with van der Waals surface area (Å²) in [7, 11) is 0. The van der Waals surface area contributed by atoms with Gasteiger partial charge in [0.15, 0.2) is 3.95 Å². The molecule has 132 valence electrons. The van der Waals surface area contributed by atoms with Crippen LogP contribution < -0.4 is 5.32 Å². The minimum absolute atomic E-state index is 0.00174. The van der Waals surface area contributed by atoms with Gasteiger partial charge in [-0.2, -0.15) is 0 Å². The van der Waals surface area contributed by atoms with Crippen LogP contribution in [0, 0.1) is 10.9 Å². The fourth-order valence-corrected chi connectivity index (χ4v) is 4.32. The van der Waals surface area contributed by atoms with Gasteiger partial charge >= 0.3 is 0 Å². The van der Waals surface area contributed by atoms with Crippen molar-refractivity contribution in [3.8, 4) is 0 Å². The number of hydrogen-bond donors (Lipinski definition) is 2. The number of nitrogens with zero attached hydrogens (tertiary/aromatic N) is 1. The van der Waals surface area contributed by atoms with E-state index in [1.54, 1.807) is 0 Å². The minimum atomic E-state index is -0.433. The molecule has 2 aromatic rings. The lowest BCUT2D eigenvalue weighted by atomic mass is 10.0. The van der Waals surface area contributed by atoms with Gasteiger partial charge in [0.2, 0.25) is 11.8 Å². The second-order valence-corrected chi connectivity index (χ2v) is 8.02. The summed E-state index contributed by atoms with van der Waals surface area (Å²) in [6, 6.07) is 9.49. The number of carbonyl (C=O) groups is 2. The van der Waals surface area contributed by atoms with Crippen LogP contribution in [0.1, 0.15) is 29.0 Å². The van der Waals surface area contributed by atoms with Crippen molar-refractivity contribution in [1.29, 1.82) is 0 Å². The van der Waals surface area contributed by atoms with Crippen molar-refractivity contribution in [2.75, 3.05) is 6.54 Å². The molecule has 7 heteroatoms.